The van der Waals surface area contributed by atoms with Crippen molar-refractivity contribution in [1.29, 1.82) is 0 Å². The van der Waals surface area contributed by atoms with E-state index in [0.29, 0.717) is 66.6 Å². The third-order valence-electron chi connectivity index (χ3n) is 6.39. The molecule has 3 heterocycles. The van der Waals surface area contributed by atoms with Crippen LogP contribution in [0.25, 0.3) is 0 Å². The number of hydrogen-bond acceptors (Lipinski definition) is 5. The predicted octanol–water partition coefficient (Wildman–Crippen LogP) is 2.76. The molecule has 1 aliphatic carbocycles. The number of fused-ring (bicyclic) bond motifs is 1. The Bertz CT molecular complexity index is 1020. The lowest BCUT2D eigenvalue weighted by atomic mass is 9.76. The molecule has 0 unspecified atom stereocenters. The van der Waals surface area contributed by atoms with Crippen molar-refractivity contribution in [2.75, 3.05) is 19.6 Å². The number of carbonyl (C=O) groups excluding carboxylic acids is 3. The summed E-state index contributed by atoms with van der Waals surface area (Å²) in [5.41, 5.74) is 1.68. The SMILES string of the molecule is Cc1c(C(=O)N2CCC(CNC(=O)c3cnn(C)c3)CC2)oc2c1C(=O)CC(C)(C)C2. The molecule has 2 aromatic rings. The largest absolute Gasteiger partial charge is 0.455 e. The van der Waals surface area contributed by atoms with Gasteiger partial charge in [-0.25, -0.2) is 0 Å². The molecular formula is C23H30N4O4. The van der Waals surface area contributed by atoms with E-state index in [2.05, 4.69) is 10.4 Å². The number of amides is 2. The first kappa shape index (κ1) is 21.3. The van der Waals surface area contributed by atoms with E-state index in [1.54, 1.807) is 29.0 Å². The Morgan fingerprint density at radius 3 is 2.61 bits per heavy atom. The summed E-state index contributed by atoms with van der Waals surface area (Å²) in [6.07, 6.45) is 6.00. The fourth-order valence-electron chi connectivity index (χ4n) is 4.65. The zero-order chi connectivity index (χ0) is 22.3. The number of furan rings is 1. The van der Waals surface area contributed by atoms with Gasteiger partial charge in [-0.15, -0.1) is 0 Å². The van der Waals surface area contributed by atoms with Gasteiger partial charge >= 0.3 is 0 Å². The molecule has 31 heavy (non-hydrogen) atoms. The average molecular weight is 427 g/mol. The molecule has 4 rings (SSSR count). The Labute approximate surface area is 182 Å². The molecule has 0 spiro atoms. The standard InChI is InChI=1S/C23H30N4O4/c1-14-19-17(28)9-23(2,3)10-18(19)31-20(14)22(30)27-7-5-15(6-8-27)11-24-21(29)16-12-25-26(4)13-16/h12-13,15H,5-11H2,1-4H3,(H,24,29). The van der Waals surface area contributed by atoms with E-state index in [1.165, 1.54) is 0 Å². The van der Waals surface area contributed by atoms with Crippen LogP contribution in [0.15, 0.2) is 16.8 Å². The Kier molecular flexibility index (Phi) is 5.49. The number of nitrogens with one attached hydrogen (secondary N) is 1. The van der Waals surface area contributed by atoms with Gasteiger partial charge in [-0.3, -0.25) is 19.1 Å². The molecule has 1 N–H and O–H groups in total. The number of aromatic nitrogens is 2. The van der Waals surface area contributed by atoms with Gasteiger partial charge in [0.2, 0.25) is 0 Å². The molecule has 0 saturated carbocycles. The highest BCUT2D eigenvalue weighted by Gasteiger charge is 2.38. The monoisotopic (exact) mass is 426 g/mol. The lowest BCUT2D eigenvalue weighted by Gasteiger charge is -2.31. The number of aryl methyl sites for hydroxylation is 1. The average Bonchev–Trinajstić information content (AvgIpc) is 3.28. The molecular weight excluding hydrogens is 396 g/mol. The lowest BCUT2D eigenvalue weighted by Crippen LogP contribution is -2.41. The Balaban J connectivity index is 1.35. The van der Waals surface area contributed by atoms with Crippen LogP contribution in [-0.2, 0) is 13.5 Å². The first-order chi connectivity index (χ1) is 14.6. The molecule has 0 atom stereocenters. The number of Topliss-reactive ketones (excluding diaryl/α,β-unsaturated/α-hetero) is 1. The van der Waals surface area contributed by atoms with Crippen molar-refractivity contribution in [3.8, 4) is 0 Å². The summed E-state index contributed by atoms with van der Waals surface area (Å²) in [6.45, 7) is 7.70. The Morgan fingerprint density at radius 2 is 1.97 bits per heavy atom. The quantitative estimate of drug-likeness (QED) is 0.811. The zero-order valence-corrected chi connectivity index (χ0v) is 18.7. The van der Waals surface area contributed by atoms with Gasteiger partial charge in [0.05, 0.1) is 17.3 Å². The van der Waals surface area contributed by atoms with Crippen molar-refractivity contribution >= 4 is 17.6 Å². The van der Waals surface area contributed by atoms with Crippen molar-refractivity contribution in [3.63, 3.8) is 0 Å². The summed E-state index contributed by atoms with van der Waals surface area (Å²) >= 11 is 0. The minimum Gasteiger partial charge on any atom is -0.455 e. The van der Waals surface area contributed by atoms with Crippen LogP contribution in [0.4, 0.5) is 0 Å². The normalized spacial score (nSPS) is 18.7. The lowest BCUT2D eigenvalue weighted by molar-refractivity contribution is 0.0648. The molecule has 2 aliphatic rings. The third-order valence-corrected chi connectivity index (χ3v) is 6.39. The van der Waals surface area contributed by atoms with Crippen molar-refractivity contribution in [2.45, 2.75) is 46.5 Å². The van der Waals surface area contributed by atoms with Crippen molar-refractivity contribution in [2.24, 2.45) is 18.4 Å². The van der Waals surface area contributed by atoms with Crippen LogP contribution >= 0.6 is 0 Å². The maximum absolute atomic E-state index is 13.1. The molecule has 1 aliphatic heterocycles. The van der Waals surface area contributed by atoms with Crippen LogP contribution in [-0.4, -0.2) is 51.9 Å². The summed E-state index contributed by atoms with van der Waals surface area (Å²) in [5.74, 6) is 1.06. The van der Waals surface area contributed by atoms with Crippen LogP contribution in [0.2, 0.25) is 0 Å². The van der Waals surface area contributed by atoms with Crippen LogP contribution in [0.3, 0.4) is 0 Å². The van der Waals surface area contributed by atoms with E-state index in [9.17, 15) is 14.4 Å². The topological polar surface area (TPSA) is 97.4 Å². The van der Waals surface area contributed by atoms with Crippen molar-refractivity contribution < 1.29 is 18.8 Å². The minimum atomic E-state index is -0.146. The number of nitrogens with zero attached hydrogens (tertiary/aromatic N) is 3. The molecule has 166 valence electrons. The summed E-state index contributed by atoms with van der Waals surface area (Å²) < 4.78 is 7.54. The fourth-order valence-corrected chi connectivity index (χ4v) is 4.65. The first-order valence-corrected chi connectivity index (χ1v) is 10.9. The molecule has 0 bridgehead atoms. The second-order valence-corrected chi connectivity index (χ2v) is 9.64. The summed E-state index contributed by atoms with van der Waals surface area (Å²) in [4.78, 5) is 39.7. The molecule has 8 nitrogen and oxygen atoms in total. The van der Waals surface area contributed by atoms with Gasteiger partial charge in [-0.05, 0) is 31.1 Å². The van der Waals surface area contributed by atoms with E-state index >= 15 is 0 Å². The second kappa shape index (κ2) is 7.98. The fraction of sp³-hybridized carbons (Fsp3) is 0.565. The number of likely N-dealkylation sites (tertiary alicyclic amines) is 1. The number of hydrogen-bond donors (Lipinski definition) is 1. The molecule has 8 heteroatoms. The van der Waals surface area contributed by atoms with Crippen molar-refractivity contribution in [3.05, 3.63) is 40.6 Å². The number of rotatable bonds is 4. The van der Waals surface area contributed by atoms with E-state index in [0.717, 1.165) is 12.8 Å². The van der Waals surface area contributed by atoms with Gasteiger partial charge in [0, 0.05) is 51.3 Å². The van der Waals surface area contributed by atoms with Gasteiger partial charge in [0.25, 0.3) is 11.8 Å². The van der Waals surface area contributed by atoms with E-state index < -0.39 is 0 Å². The number of piperidine rings is 1. The first-order valence-electron chi connectivity index (χ1n) is 10.9. The Hall–Kier alpha value is -2.90. The van der Waals surface area contributed by atoms with Crippen LogP contribution in [0.1, 0.15) is 75.7 Å². The number of ketones is 1. The molecule has 0 radical (unpaired) electrons. The highest BCUT2D eigenvalue weighted by Crippen LogP contribution is 2.38. The summed E-state index contributed by atoms with van der Waals surface area (Å²) in [6, 6.07) is 0. The van der Waals surface area contributed by atoms with E-state index in [4.69, 9.17) is 4.42 Å². The summed E-state index contributed by atoms with van der Waals surface area (Å²) in [5, 5.41) is 6.98. The molecule has 1 fully saturated rings. The highest BCUT2D eigenvalue weighted by atomic mass is 16.4. The maximum atomic E-state index is 13.1. The van der Waals surface area contributed by atoms with Crippen LogP contribution in [0, 0.1) is 18.3 Å². The van der Waals surface area contributed by atoms with Crippen LogP contribution in [0.5, 0.6) is 0 Å². The molecule has 1 saturated heterocycles. The van der Waals surface area contributed by atoms with E-state index in [1.807, 2.05) is 20.8 Å². The Morgan fingerprint density at radius 1 is 1.26 bits per heavy atom. The molecule has 2 amide bonds. The highest BCUT2D eigenvalue weighted by molar-refractivity contribution is 6.03. The van der Waals surface area contributed by atoms with Gasteiger partial charge in [0.1, 0.15) is 5.76 Å². The number of carbonyl (C=O) groups is 3. The van der Waals surface area contributed by atoms with Crippen molar-refractivity contribution in [1.82, 2.24) is 20.0 Å². The molecule has 0 aromatic carbocycles. The summed E-state index contributed by atoms with van der Waals surface area (Å²) in [7, 11) is 1.78. The predicted molar refractivity (Wildman–Crippen MR) is 114 cm³/mol. The van der Waals surface area contributed by atoms with Gasteiger partial charge < -0.3 is 14.6 Å². The van der Waals surface area contributed by atoms with Gasteiger partial charge in [0.15, 0.2) is 11.5 Å². The third kappa shape index (κ3) is 4.29. The zero-order valence-electron chi connectivity index (χ0n) is 18.7. The van der Waals surface area contributed by atoms with Crippen LogP contribution < -0.4 is 5.32 Å². The maximum Gasteiger partial charge on any atom is 0.289 e. The van der Waals surface area contributed by atoms with Gasteiger partial charge in [-0.1, -0.05) is 13.8 Å². The second-order valence-electron chi connectivity index (χ2n) is 9.64. The van der Waals surface area contributed by atoms with E-state index in [-0.39, 0.29) is 23.0 Å². The minimum absolute atomic E-state index is 0.0645. The smallest absolute Gasteiger partial charge is 0.289 e. The molecule has 2 aromatic heterocycles. The van der Waals surface area contributed by atoms with Gasteiger partial charge in [-0.2, -0.15) is 5.10 Å².